The summed E-state index contributed by atoms with van der Waals surface area (Å²) in [7, 11) is 0. The molecule has 0 aliphatic carbocycles. The highest BCUT2D eigenvalue weighted by Gasteiger charge is 2.01. The van der Waals surface area contributed by atoms with Crippen LogP contribution in [0.1, 0.15) is 33.1 Å². The zero-order valence-corrected chi connectivity index (χ0v) is 13.6. The number of hydrogen-bond donors (Lipinski definition) is 3. The van der Waals surface area contributed by atoms with Crippen molar-refractivity contribution >= 4 is 29.0 Å². The SMILES string of the molecule is CCCCCNc1ccnc(Nc2ccc(NC(C)=O)cc2)n1. The lowest BCUT2D eigenvalue weighted by Crippen LogP contribution is -2.06. The van der Waals surface area contributed by atoms with Gasteiger partial charge in [0.1, 0.15) is 5.82 Å². The molecule has 1 aromatic heterocycles. The summed E-state index contributed by atoms with van der Waals surface area (Å²) in [6.07, 6.45) is 5.27. The summed E-state index contributed by atoms with van der Waals surface area (Å²) in [4.78, 5) is 19.7. The average molecular weight is 313 g/mol. The third kappa shape index (κ3) is 5.94. The Bertz CT molecular complexity index is 627. The van der Waals surface area contributed by atoms with Gasteiger partial charge in [0.05, 0.1) is 0 Å². The third-order valence-electron chi connectivity index (χ3n) is 3.20. The van der Waals surface area contributed by atoms with Gasteiger partial charge in [-0.1, -0.05) is 19.8 Å². The van der Waals surface area contributed by atoms with Gasteiger partial charge in [-0.2, -0.15) is 4.98 Å². The van der Waals surface area contributed by atoms with Crippen LogP contribution in [-0.4, -0.2) is 22.4 Å². The molecule has 0 unspecified atom stereocenters. The molecule has 0 radical (unpaired) electrons. The maximum absolute atomic E-state index is 11.0. The Labute approximate surface area is 136 Å². The van der Waals surface area contributed by atoms with Crippen molar-refractivity contribution < 1.29 is 4.79 Å². The number of carbonyl (C=O) groups excluding carboxylic acids is 1. The summed E-state index contributed by atoms with van der Waals surface area (Å²) in [5, 5.41) is 9.18. The van der Waals surface area contributed by atoms with Gasteiger partial charge in [0.2, 0.25) is 11.9 Å². The summed E-state index contributed by atoms with van der Waals surface area (Å²) in [5.41, 5.74) is 1.62. The first-order valence-corrected chi connectivity index (χ1v) is 7.89. The fourth-order valence-corrected chi connectivity index (χ4v) is 2.08. The normalized spacial score (nSPS) is 10.2. The van der Waals surface area contributed by atoms with Crippen LogP contribution in [0.25, 0.3) is 0 Å². The van der Waals surface area contributed by atoms with Gasteiger partial charge in [-0.15, -0.1) is 0 Å². The Morgan fingerprint density at radius 2 is 1.83 bits per heavy atom. The van der Waals surface area contributed by atoms with Crippen LogP contribution in [0.2, 0.25) is 0 Å². The maximum atomic E-state index is 11.0. The predicted octanol–water partition coefficient (Wildman–Crippen LogP) is 3.78. The second-order valence-corrected chi connectivity index (χ2v) is 5.28. The van der Waals surface area contributed by atoms with Crippen LogP contribution >= 0.6 is 0 Å². The van der Waals surface area contributed by atoms with E-state index in [1.165, 1.54) is 19.8 Å². The molecule has 0 saturated carbocycles. The van der Waals surface area contributed by atoms with Crippen LogP contribution in [0.5, 0.6) is 0 Å². The fraction of sp³-hybridized carbons (Fsp3) is 0.353. The standard InChI is InChI=1S/C17H23N5O/c1-3-4-5-11-18-16-10-12-19-17(22-16)21-15-8-6-14(7-9-15)20-13(2)23/h6-10,12H,3-5,11H2,1-2H3,(H,20,23)(H2,18,19,21,22). The van der Waals surface area contributed by atoms with Gasteiger partial charge in [-0.25, -0.2) is 4.98 Å². The van der Waals surface area contributed by atoms with E-state index in [2.05, 4.69) is 32.8 Å². The Morgan fingerprint density at radius 1 is 1.09 bits per heavy atom. The summed E-state index contributed by atoms with van der Waals surface area (Å²) in [6.45, 7) is 4.58. The third-order valence-corrected chi connectivity index (χ3v) is 3.20. The highest BCUT2D eigenvalue weighted by molar-refractivity contribution is 5.88. The molecule has 6 heteroatoms. The van der Waals surface area contributed by atoms with Crippen LogP contribution in [0.15, 0.2) is 36.5 Å². The second-order valence-electron chi connectivity index (χ2n) is 5.28. The van der Waals surface area contributed by atoms with E-state index < -0.39 is 0 Å². The molecule has 2 aromatic rings. The molecular weight excluding hydrogens is 290 g/mol. The highest BCUT2D eigenvalue weighted by atomic mass is 16.1. The molecule has 0 fully saturated rings. The lowest BCUT2D eigenvalue weighted by Gasteiger charge is -2.09. The van der Waals surface area contributed by atoms with E-state index in [9.17, 15) is 4.79 Å². The number of benzene rings is 1. The predicted molar refractivity (Wildman–Crippen MR) is 94.1 cm³/mol. The van der Waals surface area contributed by atoms with Crippen LogP contribution < -0.4 is 16.0 Å². The van der Waals surface area contributed by atoms with E-state index in [-0.39, 0.29) is 5.91 Å². The van der Waals surface area contributed by atoms with E-state index in [1.807, 2.05) is 30.3 Å². The molecule has 2 rings (SSSR count). The molecular formula is C17H23N5O. The van der Waals surface area contributed by atoms with Crippen molar-refractivity contribution in [2.24, 2.45) is 0 Å². The molecule has 23 heavy (non-hydrogen) atoms. The minimum atomic E-state index is -0.0871. The average Bonchev–Trinajstić information content (AvgIpc) is 2.53. The van der Waals surface area contributed by atoms with E-state index in [0.29, 0.717) is 5.95 Å². The number of nitrogens with zero attached hydrogens (tertiary/aromatic N) is 2. The number of hydrogen-bond acceptors (Lipinski definition) is 5. The first-order chi connectivity index (χ1) is 11.2. The lowest BCUT2D eigenvalue weighted by molar-refractivity contribution is -0.114. The molecule has 0 saturated heterocycles. The van der Waals surface area contributed by atoms with E-state index >= 15 is 0 Å². The molecule has 0 aliphatic heterocycles. The Hall–Kier alpha value is -2.63. The van der Waals surface area contributed by atoms with Crippen molar-refractivity contribution in [1.82, 2.24) is 9.97 Å². The van der Waals surface area contributed by atoms with E-state index in [4.69, 9.17) is 0 Å². The van der Waals surface area contributed by atoms with Gasteiger partial charge in [0.15, 0.2) is 0 Å². The molecule has 1 heterocycles. The number of amides is 1. The minimum absolute atomic E-state index is 0.0871. The van der Waals surface area contributed by atoms with E-state index in [1.54, 1.807) is 6.20 Å². The number of anilines is 4. The number of unbranched alkanes of at least 4 members (excludes halogenated alkanes) is 2. The molecule has 0 aliphatic rings. The zero-order valence-electron chi connectivity index (χ0n) is 13.6. The summed E-state index contributed by atoms with van der Waals surface area (Å²) in [5.74, 6) is 1.27. The molecule has 3 N–H and O–H groups in total. The molecule has 122 valence electrons. The van der Waals surface area contributed by atoms with Gasteiger partial charge in [-0.05, 0) is 36.8 Å². The van der Waals surface area contributed by atoms with Crippen LogP contribution in [0.3, 0.4) is 0 Å². The quantitative estimate of drug-likeness (QED) is 0.646. The fourth-order valence-electron chi connectivity index (χ4n) is 2.08. The molecule has 0 atom stereocenters. The van der Waals surface area contributed by atoms with Crippen molar-refractivity contribution in [1.29, 1.82) is 0 Å². The van der Waals surface area contributed by atoms with Crippen LogP contribution in [0, 0.1) is 0 Å². The second kappa shape index (κ2) is 8.73. The first-order valence-electron chi connectivity index (χ1n) is 7.89. The molecule has 1 amide bonds. The summed E-state index contributed by atoms with van der Waals surface area (Å²) >= 11 is 0. The summed E-state index contributed by atoms with van der Waals surface area (Å²) < 4.78 is 0. The van der Waals surface area contributed by atoms with Crippen LogP contribution in [-0.2, 0) is 4.79 Å². The summed E-state index contributed by atoms with van der Waals surface area (Å²) in [6, 6.07) is 9.26. The smallest absolute Gasteiger partial charge is 0.229 e. The largest absolute Gasteiger partial charge is 0.370 e. The Morgan fingerprint density at radius 3 is 2.52 bits per heavy atom. The van der Waals surface area contributed by atoms with Gasteiger partial charge >= 0.3 is 0 Å². The van der Waals surface area contributed by atoms with Gasteiger partial charge in [0.25, 0.3) is 0 Å². The van der Waals surface area contributed by atoms with Crippen LogP contribution in [0.4, 0.5) is 23.1 Å². The highest BCUT2D eigenvalue weighted by Crippen LogP contribution is 2.17. The van der Waals surface area contributed by atoms with Crippen molar-refractivity contribution in [3.63, 3.8) is 0 Å². The van der Waals surface area contributed by atoms with Crippen molar-refractivity contribution in [3.05, 3.63) is 36.5 Å². The molecule has 0 spiro atoms. The molecule has 6 nitrogen and oxygen atoms in total. The van der Waals surface area contributed by atoms with Crippen molar-refractivity contribution in [3.8, 4) is 0 Å². The van der Waals surface area contributed by atoms with Gasteiger partial charge < -0.3 is 16.0 Å². The first kappa shape index (κ1) is 16.7. The topological polar surface area (TPSA) is 78.9 Å². The number of aromatic nitrogens is 2. The number of rotatable bonds is 8. The van der Waals surface area contributed by atoms with Crippen molar-refractivity contribution in [2.75, 3.05) is 22.5 Å². The van der Waals surface area contributed by atoms with Crippen molar-refractivity contribution in [2.45, 2.75) is 33.1 Å². The minimum Gasteiger partial charge on any atom is -0.370 e. The Balaban J connectivity index is 1.93. The molecule has 0 bridgehead atoms. The lowest BCUT2D eigenvalue weighted by atomic mass is 10.2. The van der Waals surface area contributed by atoms with Gasteiger partial charge in [-0.3, -0.25) is 4.79 Å². The zero-order chi connectivity index (χ0) is 16.5. The van der Waals surface area contributed by atoms with E-state index in [0.717, 1.165) is 30.2 Å². The maximum Gasteiger partial charge on any atom is 0.229 e. The van der Waals surface area contributed by atoms with Gasteiger partial charge in [0, 0.05) is 31.0 Å². The number of nitrogens with one attached hydrogen (secondary N) is 3. The molecule has 1 aromatic carbocycles. The monoisotopic (exact) mass is 313 g/mol. The Kier molecular flexibility index (Phi) is 6.35. The number of carbonyl (C=O) groups is 1.